The molecule has 0 fully saturated rings. The predicted molar refractivity (Wildman–Crippen MR) is 304 cm³/mol. The lowest BCUT2D eigenvalue weighted by molar-refractivity contribution is 0.332. The summed E-state index contributed by atoms with van der Waals surface area (Å²) < 4.78 is 0. The molecule has 2 heterocycles. The Balaban J connectivity index is 1.28. The van der Waals surface area contributed by atoms with Gasteiger partial charge in [-0.15, -0.1) is 0 Å². The quantitative estimate of drug-likeness (QED) is 0.162. The first-order valence-electron chi connectivity index (χ1n) is 26.9. The molecule has 0 radical (unpaired) electrons. The number of fused-ring (bicyclic) bond motifs is 7. The fourth-order valence-corrected chi connectivity index (χ4v) is 14.5. The zero-order chi connectivity index (χ0) is 50.3. The number of hydrogen-bond donors (Lipinski definition) is 0. The molecule has 2 aliphatic heterocycles. The molecule has 362 valence electrons. The molecule has 2 nitrogen and oxygen atoms in total. The summed E-state index contributed by atoms with van der Waals surface area (Å²) in [5.41, 5.74) is 26.7. The van der Waals surface area contributed by atoms with Gasteiger partial charge in [0.25, 0.3) is 6.71 Å². The molecule has 3 heteroatoms. The lowest BCUT2D eigenvalue weighted by Crippen LogP contribution is -2.62. The minimum Gasteiger partial charge on any atom is -0.311 e. The van der Waals surface area contributed by atoms with E-state index >= 15 is 0 Å². The second-order valence-electron chi connectivity index (χ2n) is 28.4. The van der Waals surface area contributed by atoms with Gasteiger partial charge in [0.2, 0.25) is 0 Å². The van der Waals surface area contributed by atoms with Crippen molar-refractivity contribution in [1.82, 2.24) is 0 Å². The Morgan fingerprint density at radius 3 is 1.49 bits per heavy atom. The summed E-state index contributed by atoms with van der Waals surface area (Å²) in [5, 5.41) is 0. The van der Waals surface area contributed by atoms with E-state index in [2.05, 4.69) is 238 Å². The maximum Gasteiger partial charge on any atom is 0.252 e. The van der Waals surface area contributed by atoms with E-state index in [0.29, 0.717) is 0 Å². The van der Waals surface area contributed by atoms with E-state index in [4.69, 9.17) is 0 Å². The zero-order valence-corrected chi connectivity index (χ0v) is 46.3. The standard InChI is InChI=1S/C67H81BN2/c1-41-32-47-51(66(15,16)40-65(47,13)14)38-54(41)70-55-33-43(67(17,18)42-22-20-19-21-23-42)24-27-52(55)68-53-37-49-50(64(11,12)31-30-63(49,9)10)39-56(53)69(57-34-44(60(2,3)4)35-58(70)59(57)68)45-25-26-46-48(36-45)62(7,8)29-28-61(46,5)6/h19-27,32-39H,28-31,40H2,1-18H3. The van der Waals surface area contributed by atoms with Crippen LogP contribution < -0.4 is 26.2 Å². The maximum absolute atomic E-state index is 2.74. The van der Waals surface area contributed by atoms with Crippen LogP contribution in [0, 0.1) is 6.92 Å². The van der Waals surface area contributed by atoms with Gasteiger partial charge >= 0.3 is 0 Å². The highest BCUT2D eigenvalue weighted by atomic mass is 15.2. The average molecular weight is 925 g/mol. The average Bonchev–Trinajstić information content (AvgIpc) is 3.46. The first kappa shape index (κ1) is 47.3. The Hall–Kier alpha value is -5.02. The van der Waals surface area contributed by atoms with Crippen molar-refractivity contribution in [3.63, 3.8) is 0 Å². The Bertz CT molecular complexity index is 3160. The van der Waals surface area contributed by atoms with Crippen LogP contribution in [0.25, 0.3) is 0 Å². The van der Waals surface area contributed by atoms with Crippen LogP contribution in [0.2, 0.25) is 0 Å². The molecule has 0 amide bonds. The van der Waals surface area contributed by atoms with Crippen LogP contribution in [-0.2, 0) is 43.3 Å². The van der Waals surface area contributed by atoms with E-state index < -0.39 is 0 Å². The summed E-state index contributed by atoms with van der Waals surface area (Å²) >= 11 is 0. The molecule has 3 aliphatic carbocycles. The molecule has 0 unspecified atom stereocenters. The molecule has 0 N–H and O–H groups in total. The lowest BCUT2D eigenvalue weighted by Gasteiger charge is -2.48. The summed E-state index contributed by atoms with van der Waals surface area (Å²) in [4.78, 5) is 5.49. The van der Waals surface area contributed by atoms with Gasteiger partial charge in [-0.3, -0.25) is 0 Å². The first-order chi connectivity index (χ1) is 32.4. The van der Waals surface area contributed by atoms with E-state index in [1.165, 1.54) is 132 Å². The van der Waals surface area contributed by atoms with Gasteiger partial charge in [-0.25, -0.2) is 0 Å². The molecule has 6 aromatic carbocycles. The highest BCUT2D eigenvalue weighted by Crippen LogP contribution is 2.56. The Kier molecular flexibility index (Phi) is 10.0. The number of anilines is 6. The highest BCUT2D eigenvalue weighted by molar-refractivity contribution is 7.00. The van der Waals surface area contributed by atoms with Crippen molar-refractivity contribution in [2.75, 3.05) is 9.80 Å². The molecule has 0 spiro atoms. The molecule has 0 aromatic heterocycles. The van der Waals surface area contributed by atoms with Crippen LogP contribution >= 0.6 is 0 Å². The van der Waals surface area contributed by atoms with Crippen molar-refractivity contribution in [1.29, 1.82) is 0 Å². The summed E-state index contributed by atoms with van der Waals surface area (Å²) in [6, 6.07) is 42.2. The van der Waals surface area contributed by atoms with E-state index in [9.17, 15) is 0 Å². The van der Waals surface area contributed by atoms with E-state index in [0.717, 1.165) is 6.42 Å². The second-order valence-corrected chi connectivity index (χ2v) is 28.4. The molecule has 0 bridgehead atoms. The van der Waals surface area contributed by atoms with Gasteiger partial charge in [-0.1, -0.05) is 178 Å². The van der Waals surface area contributed by atoms with Crippen LogP contribution in [-0.4, -0.2) is 6.71 Å². The molecule has 0 saturated heterocycles. The van der Waals surface area contributed by atoms with Crippen molar-refractivity contribution in [3.05, 3.63) is 159 Å². The van der Waals surface area contributed by atoms with Crippen LogP contribution in [0.15, 0.2) is 103 Å². The molecule has 0 saturated carbocycles. The second kappa shape index (κ2) is 14.8. The predicted octanol–water partition coefficient (Wildman–Crippen LogP) is 16.4. The van der Waals surface area contributed by atoms with Gasteiger partial charge in [-0.05, 0) is 191 Å². The topological polar surface area (TPSA) is 6.48 Å². The fraction of sp³-hybridized carbons (Fsp3) is 0.463. The molecule has 5 aliphatic rings. The summed E-state index contributed by atoms with van der Waals surface area (Å²) in [7, 11) is 0. The third-order valence-corrected chi connectivity index (χ3v) is 19.1. The summed E-state index contributed by atoms with van der Waals surface area (Å²) in [5.74, 6) is 0. The number of hydrogen-bond acceptors (Lipinski definition) is 2. The van der Waals surface area contributed by atoms with E-state index in [-0.39, 0.29) is 50.0 Å². The number of rotatable bonds is 4. The normalized spacial score (nSPS) is 20.5. The lowest BCUT2D eigenvalue weighted by atomic mass is 9.33. The highest BCUT2D eigenvalue weighted by Gasteiger charge is 2.49. The minimum atomic E-state index is -0.218. The van der Waals surface area contributed by atoms with Gasteiger partial charge in [0.05, 0.1) is 0 Å². The molecule has 70 heavy (non-hydrogen) atoms. The summed E-state index contributed by atoms with van der Waals surface area (Å²) in [6.07, 6.45) is 5.88. The van der Waals surface area contributed by atoms with Crippen molar-refractivity contribution in [3.8, 4) is 0 Å². The molecular formula is C67H81BN2. The van der Waals surface area contributed by atoms with E-state index in [1.54, 1.807) is 0 Å². The molecule has 0 atom stereocenters. The van der Waals surface area contributed by atoms with Gasteiger partial charge < -0.3 is 9.80 Å². The molecule has 11 rings (SSSR count). The maximum atomic E-state index is 2.74. The third kappa shape index (κ3) is 6.92. The molecular weight excluding hydrogens is 844 g/mol. The van der Waals surface area contributed by atoms with Crippen molar-refractivity contribution >= 4 is 57.2 Å². The van der Waals surface area contributed by atoms with Crippen LogP contribution in [0.4, 0.5) is 34.1 Å². The minimum absolute atomic E-state index is 0.0367. The SMILES string of the molecule is Cc1cc2c(cc1N1c3cc(C(C)(C)c4ccccc4)ccc3B3c4cc5c(cc4N(c4ccc6c(c4)C(C)(C)CCC6(C)C)c4cc(C(C)(C)C)cc1c43)C(C)(C)CCC5(C)C)C(C)(C)CC2(C)C. The Morgan fingerprint density at radius 2 is 0.886 bits per heavy atom. The number of benzene rings is 6. The van der Waals surface area contributed by atoms with Crippen LogP contribution in [0.3, 0.4) is 0 Å². The smallest absolute Gasteiger partial charge is 0.252 e. The molecule has 6 aromatic rings. The van der Waals surface area contributed by atoms with Crippen molar-refractivity contribution < 1.29 is 0 Å². The largest absolute Gasteiger partial charge is 0.311 e. The Labute approximate surface area is 423 Å². The Morgan fingerprint density at radius 1 is 0.400 bits per heavy atom. The third-order valence-electron chi connectivity index (χ3n) is 19.1. The van der Waals surface area contributed by atoms with Crippen molar-refractivity contribution in [2.45, 2.75) is 200 Å². The van der Waals surface area contributed by atoms with Gasteiger partial charge in [0, 0.05) is 39.5 Å². The first-order valence-corrected chi connectivity index (χ1v) is 26.9. The number of nitrogens with zero attached hydrogens (tertiary/aromatic N) is 2. The monoisotopic (exact) mass is 925 g/mol. The van der Waals surface area contributed by atoms with Gasteiger partial charge in [0.15, 0.2) is 0 Å². The number of aryl methyl sites for hydroxylation is 1. The van der Waals surface area contributed by atoms with E-state index in [1.807, 2.05) is 0 Å². The summed E-state index contributed by atoms with van der Waals surface area (Å²) in [6.45, 7) is 44.2. The van der Waals surface area contributed by atoms with Gasteiger partial charge in [-0.2, -0.15) is 0 Å². The van der Waals surface area contributed by atoms with Crippen LogP contribution in [0.5, 0.6) is 0 Å². The zero-order valence-electron chi connectivity index (χ0n) is 46.3. The fourth-order valence-electron chi connectivity index (χ4n) is 14.5. The van der Waals surface area contributed by atoms with Crippen LogP contribution in [0.1, 0.15) is 205 Å². The van der Waals surface area contributed by atoms with Gasteiger partial charge in [0.1, 0.15) is 0 Å². The van der Waals surface area contributed by atoms with Crippen molar-refractivity contribution in [2.24, 2.45) is 0 Å².